The van der Waals surface area contributed by atoms with Crippen molar-refractivity contribution >= 4 is 23.0 Å². The predicted molar refractivity (Wildman–Crippen MR) is 82.8 cm³/mol. The highest BCUT2D eigenvalue weighted by Crippen LogP contribution is 2.30. The Kier molecular flexibility index (Phi) is 4.47. The molecule has 0 unspecified atom stereocenters. The molecule has 1 heterocycles. The van der Waals surface area contributed by atoms with Crippen LogP contribution in [-0.4, -0.2) is 14.7 Å². The zero-order valence-electron chi connectivity index (χ0n) is 12.1. The molecule has 21 heavy (non-hydrogen) atoms. The van der Waals surface area contributed by atoms with Gasteiger partial charge in [0, 0.05) is 36.1 Å². The Labute approximate surface area is 127 Å². The van der Waals surface area contributed by atoms with Gasteiger partial charge in [0.2, 0.25) is 0 Å². The molecule has 7 heteroatoms. The summed E-state index contributed by atoms with van der Waals surface area (Å²) < 4.78 is 1.88. The maximum Gasteiger partial charge on any atom is 0.288 e. The smallest absolute Gasteiger partial charge is 0.288 e. The molecule has 0 saturated heterocycles. The molecule has 0 atom stereocenters. The summed E-state index contributed by atoms with van der Waals surface area (Å²) in [6.45, 7) is 6.51. The number of nitrogens with one attached hydrogen (secondary N) is 1. The summed E-state index contributed by atoms with van der Waals surface area (Å²) in [6.07, 6.45) is 3.77. The summed E-state index contributed by atoms with van der Waals surface area (Å²) in [6, 6.07) is 3.37. The molecule has 2 aromatic rings. The number of nitrogens with zero attached hydrogens (tertiary/aromatic N) is 3. The fourth-order valence-corrected chi connectivity index (χ4v) is 2.18. The first-order valence-corrected chi connectivity index (χ1v) is 6.97. The summed E-state index contributed by atoms with van der Waals surface area (Å²) >= 11 is 5.93. The molecule has 6 nitrogen and oxygen atoms in total. The summed E-state index contributed by atoms with van der Waals surface area (Å²) in [7, 11) is 0. The van der Waals surface area contributed by atoms with E-state index >= 15 is 0 Å². The minimum atomic E-state index is -0.480. The molecule has 1 aromatic carbocycles. The molecular weight excluding hydrogens is 292 g/mol. The van der Waals surface area contributed by atoms with Crippen LogP contribution in [0.3, 0.4) is 0 Å². The standard InChI is InChI=1S/C14H17ClN4O2/c1-9(2)18-8-11(7-17-18)6-16-13-5-12(15)14(19(20)21)4-10(13)3/h4-5,7-9,16H,6H2,1-3H3. The number of benzene rings is 1. The number of aryl methyl sites for hydroxylation is 1. The van der Waals surface area contributed by atoms with E-state index in [1.54, 1.807) is 12.3 Å². The summed E-state index contributed by atoms with van der Waals surface area (Å²) in [4.78, 5) is 10.3. The Hall–Kier alpha value is -2.08. The second-order valence-corrected chi connectivity index (χ2v) is 5.56. The van der Waals surface area contributed by atoms with Crippen molar-refractivity contribution in [2.45, 2.75) is 33.4 Å². The van der Waals surface area contributed by atoms with Crippen molar-refractivity contribution in [1.29, 1.82) is 0 Å². The molecular formula is C14H17ClN4O2. The molecule has 1 N–H and O–H groups in total. The van der Waals surface area contributed by atoms with Crippen molar-refractivity contribution in [2.75, 3.05) is 5.32 Å². The average molecular weight is 309 g/mol. The van der Waals surface area contributed by atoms with Crippen molar-refractivity contribution < 1.29 is 4.92 Å². The molecule has 1 aromatic heterocycles. The zero-order valence-corrected chi connectivity index (χ0v) is 12.9. The number of halogens is 1. The minimum Gasteiger partial charge on any atom is -0.381 e. The fraction of sp³-hybridized carbons (Fsp3) is 0.357. The summed E-state index contributed by atoms with van der Waals surface area (Å²) in [5, 5.41) is 18.4. The molecule has 0 amide bonds. The predicted octanol–water partition coefficient (Wildman–Crippen LogP) is 3.95. The van der Waals surface area contributed by atoms with Gasteiger partial charge in [-0.1, -0.05) is 11.6 Å². The average Bonchev–Trinajstić information content (AvgIpc) is 2.88. The maximum atomic E-state index is 10.8. The van der Waals surface area contributed by atoms with Gasteiger partial charge in [0.15, 0.2) is 0 Å². The molecule has 0 fully saturated rings. The van der Waals surface area contributed by atoms with Crippen LogP contribution in [0.5, 0.6) is 0 Å². The molecule has 0 aliphatic heterocycles. The lowest BCUT2D eigenvalue weighted by Crippen LogP contribution is -2.02. The Morgan fingerprint density at radius 1 is 1.48 bits per heavy atom. The number of hydrogen-bond donors (Lipinski definition) is 1. The van der Waals surface area contributed by atoms with E-state index in [1.807, 2.05) is 17.8 Å². The van der Waals surface area contributed by atoms with Gasteiger partial charge in [-0.2, -0.15) is 5.10 Å². The Balaban J connectivity index is 2.12. The molecule has 0 radical (unpaired) electrons. The number of anilines is 1. The van der Waals surface area contributed by atoms with Crippen molar-refractivity contribution in [3.05, 3.63) is 50.8 Å². The molecule has 0 saturated carbocycles. The van der Waals surface area contributed by atoms with Crippen molar-refractivity contribution in [2.24, 2.45) is 0 Å². The first-order valence-electron chi connectivity index (χ1n) is 6.60. The summed E-state index contributed by atoms with van der Waals surface area (Å²) in [5.74, 6) is 0. The number of rotatable bonds is 5. The van der Waals surface area contributed by atoms with Crippen LogP contribution in [-0.2, 0) is 6.54 Å². The largest absolute Gasteiger partial charge is 0.381 e. The van der Waals surface area contributed by atoms with E-state index in [0.29, 0.717) is 12.6 Å². The van der Waals surface area contributed by atoms with Gasteiger partial charge >= 0.3 is 0 Å². The van der Waals surface area contributed by atoms with E-state index in [0.717, 1.165) is 16.8 Å². The van der Waals surface area contributed by atoms with Crippen LogP contribution >= 0.6 is 11.6 Å². The second kappa shape index (κ2) is 6.13. The molecule has 0 bridgehead atoms. The van der Waals surface area contributed by atoms with Gasteiger partial charge < -0.3 is 5.32 Å². The topological polar surface area (TPSA) is 73.0 Å². The van der Waals surface area contributed by atoms with Crippen LogP contribution < -0.4 is 5.32 Å². The first kappa shape index (κ1) is 15.3. The van der Waals surface area contributed by atoms with E-state index < -0.39 is 4.92 Å². The van der Waals surface area contributed by atoms with E-state index in [2.05, 4.69) is 24.3 Å². The second-order valence-electron chi connectivity index (χ2n) is 5.15. The van der Waals surface area contributed by atoms with Crippen LogP contribution in [0.1, 0.15) is 31.0 Å². The maximum absolute atomic E-state index is 10.8. The SMILES string of the molecule is Cc1cc([N+](=O)[O-])c(Cl)cc1NCc1cnn(C(C)C)c1. The third-order valence-corrected chi connectivity index (χ3v) is 3.46. The lowest BCUT2D eigenvalue weighted by molar-refractivity contribution is -0.384. The van der Waals surface area contributed by atoms with E-state index in [1.165, 1.54) is 6.07 Å². The van der Waals surface area contributed by atoms with E-state index in [4.69, 9.17) is 11.6 Å². The molecule has 112 valence electrons. The van der Waals surface area contributed by atoms with Crippen LogP contribution in [0.4, 0.5) is 11.4 Å². The third kappa shape index (κ3) is 3.52. The highest BCUT2D eigenvalue weighted by atomic mass is 35.5. The first-order chi connectivity index (χ1) is 9.88. The fourth-order valence-electron chi connectivity index (χ4n) is 1.95. The lowest BCUT2D eigenvalue weighted by atomic mass is 10.1. The van der Waals surface area contributed by atoms with Crippen LogP contribution in [0.2, 0.25) is 5.02 Å². The number of nitro benzene ring substituents is 1. The Bertz CT molecular complexity index is 667. The zero-order chi connectivity index (χ0) is 15.6. The number of aromatic nitrogens is 2. The van der Waals surface area contributed by atoms with Crippen molar-refractivity contribution in [1.82, 2.24) is 9.78 Å². The lowest BCUT2D eigenvalue weighted by Gasteiger charge is -2.09. The van der Waals surface area contributed by atoms with Crippen LogP contribution in [0.25, 0.3) is 0 Å². The highest BCUT2D eigenvalue weighted by Gasteiger charge is 2.15. The normalized spacial score (nSPS) is 10.9. The van der Waals surface area contributed by atoms with Crippen molar-refractivity contribution in [3.63, 3.8) is 0 Å². The van der Waals surface area contributed by atoms with Gasteiger partial charge in [-0.3, -0.25) is 14.8 Å². The third-order valence-electron chi connectivity index (χ3n) is 3.16. The molecule has 0 aliphatic rings. The molecule has 2 rings (SSSR count). The Morgan fingerprint density at radius 2 is 2.19 bits per heavy atom. The minimum absolute atomic E-state index is 0.0765. The quantitative estimate of drug-likeness (QED) is 0.670. The number of hydrogen-bond acceptors (Lipinski definition) is 4. The van der Waals surface area contributed by atoms with Gasteiger partial charge in [-0.25, -0.2) is 0 Å². The van der Waals surface area contributed by atoms with Gasteiger partial charge in [0.05, 0.1) is 11.1 Å². The molecule has 0 aliphatic carbocycles. The molecule has 0 spiro atoms. The van der Waals surface area contributed by atoms with Crippen LogP contribution in [0.15, 0.2) is 24.5 Å². The van der Waals surface area contributed by atoms with Gasteiger partial charge in [0.1, 0.15) is 5.02 Å². The van der Waals surface area contributed by atoms with E-state index in [9.17, 15) is 10.1 Å². The van der Waals surface area contributed by atoms with Crippen LogP contribution in [0, 0.1) is 17.0 Å². The highest BCUT2D eigenvalue weighted by molar-refractivity contribution is 6.33. The van der Waals surface area contributed by atoms with Gasteiger partial charge in [-0.15, -0.1) is 0 Å². The number of nitro groups is 1. The van der Waals surface area contributed by atoms with Crippen molar-refractivity contribution in [3.8, 4) is 0 Å². The summed E-state index contributed by atoms with van der Waals surface area (Å²) in [5.41, 5.74) is 2.52. The Morgan fingerprint density at radius 3 is 2.76 bits per heavy atom. The van der Waals surface area contributed by atoms with Gasteiger partial charge in [0.25, 0.3) is 5.69 Å². The van der Waals surface area contributed by atoms with Gasteiger partial charge in [-0.05, 0) is 32.4 Å². The monoisotopic (exact) mass is 308 g/mol. The van der Waals surface area contributed by atoms with E-state index in [-0.39, 0.29) is 10.7 Å².